The molecule has 0 radical (unpaired) electrons. The van der Waals surface area contributed by atoms with Crippen LogP contribution in [-0.2, 0) is 0 Å². The highest BCUT2D eigenvalue weighted by molar-refractivity contribution is 5.94. The van der Waals surface area contributed by atoms with Gasteiger partial charge in [-0.2, -0.15) is 0 Å². The number of anilines is 1. The van der Waals surface area contributed by atoms with Gasteiger partial charge in [0.1, 0.15) is 17.8 Å². The summed E-state index contributed by atoms with van der Waals surface area (Å²) in [7, 11) is 0. The molecule has 8 heteroatoms. The first-order chi connectivity index (χ1) is 11.5. The number of carbonyl (C=O) groups excluding carboxylic acids is 1. The van der Waals surface area contributed by atoms with Crippen molar-refractivity contribution in [2.45, 2.75) is 0 Å². The van der Waals surface area contributed by atoms with Crippen molar-refractivity contribution in [3.8, 4) is 0 Å². The molecule has 2 aromatic rings. The maximum Gasteiger partial charge on any atom is 0.287 e. The predicted molar refractivity (Wildman–Crippen MR) is 85.4 cm³/mol. The van der Waals surface area contributed by atoms with Crippen LogP contribution in [0.25, 0.3) is 0 Å². The van der Waals surface area contributed by atoms with E-state index < -0.39 is 4.92 Å². The second-order valence-corrected chi connectivity index (χ2v) is 5.42. The fraction of sp³-hybridized carbons (Fsp3) is 0.250. The molecule has 0 N–H and O–H groups in total. The summed E-state index contributed by atoms with van der Waals surface area (Å²) in [4.78, 5) is 30.3. The van der Waals surface area contributed by atoms with Crippen LogP contribution in [0.15, 0.2) is 42.6 Å². The van der Waals surface area contributed by atoms with E-state index in [9.17, 15) is 19.3 Å². The van der Waals surface area contributed by atoms with Crippen LogP contribution < -0.4 is 4.90 Å². The summed E-state index contributed by atoms with van der Waals surface area (Å²) in [5.41, 5.74) is 0.405. The zero-order valence-electron chi connectivity index (χ0n) is 12.8. The zero-order valence-corrected chi connectivity index (χ0v) is 12.8. The van der Waals surface area contributed by atoms with E-state index in [0.29, 0.717) is 37.6 Å². The lowest BCUT2D eigenvalue weighted by molar-refractivity contribution is -0.385. The number of nitro groups is 1. The fourth-order valence-electron chi connectivity index (χ4n) is 2.59. The van der Waals surface area contributed by atoms with E-state index in [1.807, 2.05) is 4.90 Å². The Labute approximate surface area is 137 Å². The maximum atomic E-state index is 12.9. The number of benzene rings is 1. The number of piperazine rings is 1. The minimum Gasteiger partial charge on any atom is -0.353 e. The number of hydrogen-bond donors (Lipinski definition) is 0. The highest BCUT2D eigenvalue weighted by Crippen LogP contribution is 2.18. The minimum atomic E-state index is -0.490. The third kappa shape index (κ3) is 3.32. The van der Waals surface area contributed by atoms with Gasteiger partial charge >= 0.3 is 0 Å². The molecule has 7 nitrogen and oxygen atoms in total. The third-order valence-electron chi connectivity index (χ3n) is 3.93. The summed E-state index contributed by atoms with van der Waals surface area (Å²) in [6.45, 7) is 2.18. The van der Waals surface area contributed by atoms with Gasteiger partial charge in [0.15, 0.2) is 0 Å². The largest absolute Gasteiger partial charge is 0.353 e. The van der Waals surface area contributed by atoms with E-state index >= 15 is 0 Å². The second-order valence-electron chi connectivity index (χ2n) is 5.42. The molecule has 24 heavy (non-hydrogen) atoms. The van der Waals surface area contributed by atoms with Gasteiger partial charge in [0.05, 0.1) is 4.92 Å². The number of nitrogens with zero attached hydrogens (tertiary/aromatic N) is 4. The maximum absolute atomic E-state index is 12.9. The molecule has 1 fully saturated rings. The number of pyridine rings is 1. The summed E-state index contributed by atoms with van der Waals surface area (Å²) in [5, 5.41) is 10.6. The SMILES string of the molecule is O=C(c1ccc(F)cc1)N1CCN(c2ccc([N+](=O)[O-])cn2)CC1. The van der Waals surface area contributed by atoms with E-state index in [1.54, 1.807) is 11.0 Å². The number of amides is 1. The van der Waals surface area contributed by atoms with Crippen LogP contribution >= 0.6 is 0 Å². The van der Waals surface area contributed by atoms with Crippen molar-refractivity contribution in [3.63, 3.8) is 0 Å². The Morgan fingerprint density at radius 2 is 1.75 bits per heavy atom. The van der Waals surface area contributed by atoms with Crippen LogP contribution in [0.5, 0.6) is 0 Å². The van der Waals surface area contributed by atoms with Gasteiger partial charge in [-0.1, -0.05) is 0 Å². The molecular formula is C16H15FN4O3. The van der Waals surface area contributed by atoms with Crippen LogP contribution in [0, 0.1) is 15.9 Å². The topological polar surface area (TPSA) is 79.6 Å². The first-order valence-electron chi connectivity index (χ1n) is 7.45. The van der Waals surface area contributed by atoms with Crippen molar-refractivity contribution in [2.75, 3.05) is 31.1 Å². The summed E-state index contributed by atoms with van der Waals surface area (Å²) in [6.07, 6.45) is 1.23. The lowest BCUT2D eigenvalue weighted by atomic mass is 10.2. The Bertz CT molecular complexity index is 741. The molecule has 3 rings (SSSR count). The second kappa shape index (κ2) is 6.61. The monoisotopic (exact) mass is 330 g/mol. The van der Waals surface area contributed by atoms with Crippen molar-refractivity contribution in [2.24, 2.45) is 0 Å². The van der Waals surface area contributed by atoms with Gasteiger partial charge in [0, 0.05) is 37.8 Å². The van der Waals surface area contributed by atoms with Crippen LogP contribution in [-0.4, -0.2) is 46.9 Å². The van der Waals surface area contributed by atoms with Crippen molar-refractivity contribution < 1.29 is 14.1 Å². The van der Waals surface area contributed by atoms with E-state index in [0.717, 1.165) is 0 Å². The molecule has 0 atom stereocenters. The standard InChI is InChI=1S/C16H15FN4O3/c17-13-3-1-12(2-4-13)16(22)20-9-7-19(8-10-20)15-6-5-14(11-18-15)21(23)24/h1-6,11H,7-10H2. The van der Waals surface area contributed by atoms with Crippen molar-refractivity contribution in [1.29, 1.82) is 0 Å². The van der Waals surface area contributed by atoms with Gasteiger partial charge in [0.2, 0.25) is 0 Å². The van der Waals surface area contributed by atoms with Gasteiger partial charge in [-0.25, -0.2) is 9.37 Å². The smallest absolute Gasteiger partial charge is 0.287 e. The molecule has 1 aromatic heterocycles. The summed E-state index contributed by atoms with van der Waals surface area (Å²) >= 11 is 0. The molecule has 1 saturated heterocycles. The van der Waals surface area contributed by atoms with E-state index in [2.05, 4.69) is 4.98 Å². The molecular weight excluding hydrogens is 315 g/mol. The van der Waals surface area contributed by atoms with Gasteiger partial charge in [0.25, 0.3) is 11.6 Å². The number of carbonyl (C=O) groups is 1. The van der Waals surface area contributed by atoms with Crippen molar-refractivity contribution >= 4 is 17.4 Å². The highest BCUT2D eigenvalue weighted by Gasteiger charge is 2.23. The first-order valence-corrected chi connectivity index (χ1v) is 7.45. The number of halogens is 1. The number of rotatable bonds is 3. The molecule has 1 aromatic carbocycles. The van der Waals surface area contributed by atoms with Crippen molar-refractivity contribution in [1.82, 2.24) is 9.88 Å². The predicted octanol–water partition coefficient (Wildman–Crippen LogP) is 2.09. The zero-order chi connectivity index (χ0) is 17.1. The van der Waals surface area contributed by atoms with Crippen LogP contribution in [0.4, 0.5) is 15.9 Å². The molecule has 0 aliphatic carbocycles. The third-order valence-corrected chi connectivity index (χ3v) is 3.93. The van der Waals surface area contributed by atoms with E-state index in [-0.39, 0.29) is 17.4 Å². The molecule has 0 bridgehead atoms. The Morgan fingerprint density at radius 1 is 1.08 bits per heavy atom. The fourth-order valence-corrected chi connectivity index (χ4v) is 2.59. The average Bonchev–Trinajstić information content (AvgIpc) is 2.62. The molecule has 1 amide bonds. The summed E-state index contributed by atoms with van der Waals surface area (Å²) in [5.74, 6) is 0.140. The lowest BCUT2D eigenvalue weighted by Crippen LogP contribution is -2.49. The molecule has 2 heterocycles. The van der Waals surface area contributed by atoms with Gasteiger partial charge < -0.3 is 9.80 Å². The molecule has 1 aliphatic heterocycles. The molecule has 0 unspecified atom stereocenters. The average molecular weight is 330 g/mol. The lowest BCUT2D eigenvalue weighted by Gasteiger charge is -2.35. The molecule has 0 saturated carbocycles. The highest BCUT2D eigenvalue weighted by atomic mass is 19.1. The summed E-state index contributed by atoms with van der Waals surface area (Å²) in [6, 6.07) is 8.51. The molecule has 124 valence electrons. The van der Waals surface area contributed by atoms with Crippen LogP contribution in [0.3, 0.4) is 0 Å². The number of hydrogen-bond acceptors (Lipinski definition) is 5. The summed E-state index contributed by atoms with van der Waals surface area (Å²) < 4.78 is 12.9. The van der Waals surface area contributed by atoms with Gasteiger partial charge in [-0.05, 0) is 30.3 Å². The minimum absolute atomic E-state index is 0.0520. The molecule has 0 spiro atoms. The van der Waals surface area contributed by atoms with Gasteiger partial charge in [-0.15, -0.1) is 0 Å². The first kappa shape index (κ1) is 15.9. The Morgan fingerprint density at radius 3 is 2.29 bits per heavy atom. The van der Waals surface area contributed by atoms with Crippen molar-refractivity contribution in [3.05, 3.63) is 64.1 Å². The van der Waals surface area contributed by atoms with Gasteiger partial charge in [-0.3, -0.25) is 14.9 Å². The Hall–Kier alpha value is -3.03. The number of aromatic nitrogens is 1. The van der Waals surface area contributed by atoms with Crippen LogP contribution in [0.1, 0.15) is 10.4 Å². The van der Waals surface area contributed by atoms with Crippen LogP contribution in [0.2, 0.25) is 0 Å². The molecule has 1 aliphatic rings. The van der Waals surface area contributed by atoms with E-state index in [1.165, 1.54) is 36.5 Å². The quantitative estimate of drug-likeness (QED) is 0.636. The van der Waals surface area contributed by atoms with E-state index in [4.69, 9.17) is 0 Å². The Kier molecular flexibility index (Phi) is 4.37. The normalized spacial score (nSPS) is 14.5. The Balaban J connectivity index is 1.62.